The Balaban J connectivity index is 1.60. The Morgan fingerprint density at radius 1 is 1.08 bits per heavy atom. The molecular formula is C18H17NO5. The number of esters is 1. The van der Waals surface area contributed by atoms with Crippen molar-refractivity contribution in [3.63, 3.8) is 0 Å². The summed E-state index contributed by atoms with van der Waals surface area (Å²) in [7, 11) is 3.16. The Labute approximate surface area is 139 Å². The average molecular weight is 327 g/mol. The molecule has 1 heterocycles. The largest absolute Gasteiger partial charge is 0.493 e. The van der Waals surface area contributed by atoms with Crippen molar-refractivity contribution in [2.24, 2.45) is 0 Å². The molecule has 0 aliphatic heterocycles. The SMILES string of the molecule is COc1ccc(CCC(=O)Oc2ccc3ocnc3c2)cc1OC. The fourth-order valence-electron chi connectivity index (χ4n) is 2.37. The summed E-state index contributed by atoms with van der Waals surface area (Å²) < 4.78 is 20.9. The number of methoxy groups -OCH3 is 2. The maximum absolute atomic E-state index is 12.0. The van der Waals surface area contributed by atoms with Gasteiger partial charge in [0.25, 0.3) is 0 Å². The van der Waals surface area contributed by atoms with E-state index in [2.05, 4.69) is 4.98 Å². The van der Waals surface area contributed by atoms with E-state index in [0.29, 0.717) is 34.8 Å². The van der Waals surface area contributed by atoms with Crippen LogP contribution in [0.4, 0.5) is 0 Å². The van der Waals surface area contributed by atoms with Crippen LogP contribution >= 0.6 is 0 Å². The number of hydrogen-bond donors (Lipinski definition) is 0. The number of carbonyl (C=O) groups is 1. The molecule has 2 aromatic carbocycles. The van der Waals surface area contributed by atoms with Crippen molar-refractivity contribution in [1.29, 1.82) is 0 Å². The van der Waals surface area contributed by atoms with Gasteiger partial charge in [-0.1, -0.05) is 6.07 Å². The molecule has 0 fully saturated rings. The monoisotopic (exact) mass is 327 g/mol. The maximum Gasteiger partial charge on any atom is 0.311 e. The number of nitrogens with zero attached hydrogens (tertiary/aromatic N) is 1. The molecular weight excluding hydrogens is 310 g/mol. The predicted octanol–water partition coefficient (Wildman–Crippen LogP) is 3.38. The molecule has 24 heavy (non-hydrogen) atoms. The van der Waals surface area contributed by atoms with Crippen molar-refractivity contribution in [2.45, 2.75) is 12.8 Å². The molecule has 0 saturated carbocycles. The third kappa shape index (κ3) is 3.48. The lowest BCUT2D eigenvalue weighted by molar-refractivity contribution is -0.134. The van der Waals surface area contributed by atoms with E-state index in [-0.39, 0.29) is 12.4 Å². The highest BCUT2D eigenvalue weighted by molar-refractivity contribution is 5.77. The number of carbonyl (C=O) groups excluding carboxylic acids is 1. The predicted molar refractivity (Wildman–Crippen MR) is 87.5 cm³/mol. The van der Waals surface area contributed by atoms with Crippen LogP contribution in [0, 0.1) is 0 Å². The summed E-state index contributed by atoms with van der Waals surface area (Å²) >= 11 is 0. The van der Waals surface area contributed by atoms with Gasteiger partial charge in [0.15, 0.2) is 23.5 Å². The molecule has 0 atom stereocenters. The van der Waals surface area contributed by atoms with Gasteiger partial charge >= 0.3 is 5.97 Å². The van der Waals surface area contributed by atoms with E-state index in [1.807, 2.05) is 18.2 Å². The summed E-state index contributed by atoms with van der Waals surface area (Å²) in [6.45, 7) is 0. The van der Waals surface area contributed by atoms with Crippen LogP contribution < -0.4 is 14.2 Å². The van der Waals surface area contributed by atoms with Crippen LogP contribution in [-0.4, -0.2) is 25.2 Å². The first-order chi connectivity index (χ1) is 11.7. The second kappa shape index (κ2) is 7.04. The molecule has 0 N–H and O–H groups in total. The van der Waals surface area contributed by atoms with Gasteiger partial charge in [-0.2, -0.15) is 0 Å². The molecule has 124 valence electrons. The summed E-state index contributed by atoms with van der Waals surface area (Å²) in [5.74, 6) is 1.44. The van der Waals surface area contributed by atoms with Crippen molar-refractivity contribution < 1.29 is 23.4 Å². The molecule has 0 saturated heterocycles. The number of hydrogen-bond acceptors (Lipinski definition) is 6. The van der Waals surface area contributed by atoms with Gasteiger partial charge < -0.3 is 18.6 Å². The average Bonchev–Trinajstić information content (AvgIpc) is 3.07. The maximum atomic E-state index is 12.0. The summed E-state index contributed by atoms with van der Waals surface area (Å²) in [4.78, 5) is 16.0. The first-order valence-electron chi connectivity index (χ1n) is 7.44. The smallest absolute Gasteiger partial charge is 0.311 e. The molecule has 3 aromatic rings. The molecule has 6 nitrogen and oxygen atoms in total. The van der Waals surface area contributed by atoms with E-state index in [4.69, 9.17) is 18.6 Å². The minimum absolute atomic E-state index is 0.256. The van der Waals surface area contributed by atoms with E-state index in [9.17, 15) is 4.79 Å². The highest BCUT2D eigenvalue weighted by Gasteiger charge is 2.10. The third-order valence-electron chi connectivity index (χ3n) is 3.60. The van der Waals surface area contributed by atoms with Crippen LogP contribution in [0.3, 0.4) is 0 Å². The zero-order valence-corrected chi connectivity index (χ0v) is 13.4. The number of rotatable bonds is 6. The van der Waals surface area contributed by atoms with Gasteiger partial charge in [0.05, 0.1) is 14.2 Å². The van der Waals surface area contributed by atoms with Crippen LogP contribution in [-0.2, 0) is 11.2 Å². The Hall–Kier alpha value is -3.02. The summed E-state index contributed by atoms with van der Waals surface area (Å²) in [5.41, 5.74) is 2.27. The van der Waals surface area contributed by atoms with E-state index < -0.39 is 0 Å². The quantitative estimate of drug-likeness (QED) is 0.510. The number of aromatic nitrogens is 1. The van der Waals surface area contributed by atoms with E-state index in [1.54, 1.807) is 32.4 Å². The first kappa shape index (κ1) is 15.9. The molecule has 0 unspecified atom stereocenters. The van der Waals surface area contributed by atoms with Gasteiger partial charge in [0.1, 0.15) is 11.3 Å². The molecule has 0 amide bonds. The van der Waals surface area contributed by atoms with Crippen molar-refractivity contribution >= 4 is 17.1 Å². The highest BCUT2D eigenvalue weighted by atomic mass is 16.5. The minimum atomic E-state index is -0.312. The van der Waals surface area contributed by atoms with Crippen molar-refractivity contribution in [3.05, 3.63) is 48.4 Å². The van der Waals surface area contributed by atoms with Gasteiger partial charge in [-0.05, 0) is 36.2 Å². The van der Waals surface area contributed by atoms with E-state index in [0.717, 1.165) is 5.56 Å². The first-order valence-corrected chi connectivity index (χ1v) is 7.44. The minimum Gasteiger partial charge on any atom is -0.493 e. The van der Waals surface area contributed by atoms with Gasteiger partial charge in [-0.15, -0.1) is 0 Å². The summed E-state index contributed by atoms with van der Waals surface area (Å²) in [6.07, 6.45) is 2.16. The van der Waals surface area contributed by atoms with Crippen LogP contribution in [0.2, 0.25) is 0 Å². The Morgan fingerprint density at radius 2 is 1.92 bits per heavy atom. The number of aryl methyl sites for hydroxylation is 1. The van der Waals surface area contributed by atoms with Gasteiger partial charge in [0.2, 0.25) is 0 Å². The summed E-state index contributed by atoms with van der Waals surface area (Å²) in [6, 6.07) is 10.6. The zero-order valence-electron chi connectivity index (χ0n) is 13.4. The standard InChI is InChI=1S/C18H17NO5/c1-21-16-6-3-12(9-17(16)22-2)4-8-18(20)24-13-5-7-15-14(10-13)19-11-23-15/h3,5-7,9-11H,4,8H2,1-2H3. The lowest BCUT2D eigenvalue weighted by atomic mass is 10.1. The number of oxazole rings is 1. The molecule has 3 rings (SSSR count). The van der Waals surface area contributed by atoms with Crippen LogP contribution in [0.25, 0.3) is 11.1 Å². The Morgan fingerprint density at radius 3 is 2.71 bits per heavy atom. The van der Waals surface area contributed by atoms with Crippen molar-refractivity contribution in [1.82, 2.24) is 4.98 Å². The zero-order chi connectivity index (χ0) is 16.9. The molecule has 0 aliphatic carbocycles. The van der Waals surface area contributed by atoms with Crippen LogP contribution in [0.5, 0.6) is 17.2 Å². The topological polar surface area (TPSA) is 70.8 Å². The Bertz CT molecular complexity index is 855. The van der Waals surface area contributed by atoms with E-state index >= 15 is 0 Å². The fraction of sp³-hybridized carbons (Fsp3) is 0.222. The van der Waals surface area contributed by atoms with Gasteiger partial charge in [0, 0.05) is 12.5 Å². The molecule has 0 bridgehead atoms. The molecule has 0 aliphatic rings. The fourth-order valence-corrected chi connectivity index (χ4v) is 2.37. The van der Waals surface area contributed by atoms with Crippen LogP contribution in [0.1, 0.15) is 12.0 Å². The van der Waals surface area contributed by atoms with Crippen LogP contribution in [0.15, 0.2) is 47.2 Å². The lowest BCUT2D eigenvalue weighted by Gasteiger charge is -2.09. The van der Waals surface area contributed by atoms with E-state index in [1.165, 1.54) is 6.39 Å². The second-order valence-electron chi connectivity index (χ2n) is 5.15. The molecule has 0 spiro atoms. The lowest BCUT2D eigenvalue weighted by Crippen LogP contribution is -2.09. The molecule has 1 aromatic heterocycles. The molecule has 6 heteroatoms. The third-order valence-corrected chi connectivity index (χ3v) is 3.60. The highest BCUT2D eigenvalue weighted by Crippen LogP contribution is 2.28. The Kier molecular flexibility index (Phi) is 4.65. The second-order valence-corrected chi connectivity index (χ2v) is 5.15. The number of ether oxygens (including phenoxy) is 3. The number of fused-ring (bicyclic) bond motifs is 1. The number of benzene rings is 2. The van der Waals surface area contributed by atoms with Crippen molar-refractivity contribution in [2.75, 3.05) is 14.2 Å². The normalized spacial score (nSPS) is 10.6. The van der Waals surface area contributed by atoms with Gasteiger partial charge in [-0.3, -0.25) is 4.79 Å². The van der Waals surface area contributed by atoms with Gasteiger partial charge in [-0.25, -0.2) is 4.98 Å². The summed E-state index contributed by atoms with van der Waals surface area (Å²) in [5, 5.41) is 0. The van der Waals surface area contributed by atoms with Crippen molar-refractivity contribution in [3.8, 4) is 17.2 Å². The molecule has 0 radical (unpaired) electrons.